The van der Waals surface area contributed by atoms with Crippen LogP contribution in [0.4, 0.5) is 0 Å². The first-order chi connectivity index (χ1) is 12.1. The highest BCUT2D eigenvalue weighted by Crippen LogP contribution is 2.27. The van der Waals surface area contributed by atoms with Crippen molar-refractivity contribution in [3.8, 4) is 11.5 Å². The summed E-state index contributed by atoms with van der Waals surface area (Å²) in [7, 11) is 3.39. The summed E-state index contributed by atoms with van der Waals surface area (Å²) in [4.78, 5) is 3.44. The van der Waals surface area contributed by atoms with Crippen molar-refractivity contribution in [2.75, 3.05) is 40.4 Å². The first-order valence-electron chi connectivity index (χ1n) is 9.63. The van der Waals surface area contributed by atoms with Crippen molar-refractivity contribution in [1.29, 1.82) is 0 Å². The van der Waals surface area contributed by atoms with Crippen molar-refractivity contribution in [3.05, 3.63) is 23.8 Å². The molecule has 2 fully saturated rings. The number of piperidine rings is 1. The molecule has 0 saturated carbocycles. The predicted molar refractivity (Wildman–Crippen MR) is 97.7 cm³/mol. The maximum Gasteiger partial charge on any atom is 0.161 e. The van der Waals surface area contributed by atoms with Crippen molar-refractivity contribution >= 4 is 0 Å². The van der Waals surface area contributed by atoms with E-state index in [1.807, 2.05) is 6.07 Å². The number of ether oxygens (including phenoxy) is 3. The number of likely N-dealkylation sites (tertiary alicyclic amines) is 1. The van der Waals surface area contributed by atoms with Crippen LogP contribution in [0.5, 0.6) is 11.5 Å². The molecule has 0 aromatic heterocycles. The summed E-state index contributed by atoms with van der Waals surface area (Å²) in [6.07, 6.45) is 3.43. The molecule has 0 bridgehead atoms. The molecular formula is C20H34N2O3+2. The molecule has 5 heteroatoms. The first-order valence-corrected chi connectivity index (χ1v) is 9.63. The van der Waals surface area contributed by atoms with E-state index in [-0.39, 0.29) is 0 Å². The minimum Gasteiger partial charge on any atom is -0.493 e. The Kier molecular flexibility index (Phi) is 6.20. The lowest BCUT2D eigenvalue weighted by Crippen LogP contribution is -3.22. The topological polar surface area (TPSA) is 36.6 Å². The minimum atomic E-state index is 0.399. The van der Waals surface area contributed by atoms with Gasteiger partial charge in [0.1, 0.15) is 31.8 Å². The third kappa shape index (κ3) is 4.66. The van der Waals surface area contributed by atoms with Crippen molar-refractivity contribution in [2.45, 2.75) is 51.5 Å². The summed E-state index contributed by atoms with van der Waals surface area (Å²) in [5, 5.41) is 0. The van der Waals surface area contributed by atoms with E-state index in [1.165, 1.54) is 44.6 Å². The highest BCUT2D eigenvalue weighted by atomic mass is 16.5. The van der Waals surface area contributed by atoms with E-state index in [2.05, 4.69) is 26.0 Å². The zero-order valence-corrected chi connectivity index (χ0v) is 16.1. The first kappa shape index (κ1) is 18.5. The van der Waals surface area contributed by atoms with E-state index in [0.29, 0.717) is 12.2 Å². The molecule has 1 aromatic carbocycles. The molecule has 0 radical (unpaired) electrons. The molecule has 3 rings (SSSR count). The molecule has 140 valence electrons. The Bertz CT molecular complexity index is 548. The summed E-state index contributed by atoms with van der Waals surface area (Å²) in [5.41, 5.74) is 1.33. The number of rotatable bonds is 5. The highest BCUT2D eigenvalue weighted by Gasteiger charge is 2.35. The average Bonchev–Trinajstić information content (AvgIpc) is 2.61. The zero-order chi connectivity index (χ0) is 17.8. The third-order valence-corrected chi connectivity index (χ3v) is 5.74. The Morgan fingerprint density at radius 1 is 1.00 bits per heavy atom. The number of morpholine rings is 1. The zero-order valence-electron chi connectivity index (χ0n) is 16.1. The van der Waals surface area contributed by atoms with Gasteiger partial charge < -0.3 is 24.0 Å². The molecule has 25 heavy (non-hydrogen) atoms. The summed E-state index contributed by atoms with van der Waals surface area (Å²) in [5.74, 6) is 1.63. The van der Waals surface area contributed by atoms with Gasteiger partial charge in [-0.25, -0.2) is 0 Å². The Balaban J connectivity index is 1.52. The van der Waals surface area contributed by atoms with Gasteiger partial charge in [-0.1, -0.05) is 0 Å². The highest BCUT2D eigenvalue weighted by molar-refractivity contribution is 5.42. The number of benzene rings is 1. The van der Waals surface area contributed by atoms with Gasteiger partial charge in [0.2, 0.25) is 0 Å². The summed E-state index contributed by atoms with van der Waals surface area (Å²) in [6.45, 7) is 10.3. The van der Waals surface area contributed by atoms with Gasteiger partial charge in [0.05, 0.1) is 33.4 Å². The van der Waals surface area contributed by atoms with E-state index in [1.54, 1.807) is 24.0 Å². The fraction of sp³-hybridized carbons (Fsp3) is 0.700. The molecule has 2 saturated heterocycles. The Morgan fingerprint density at radius 3 is 2.24 bits per heavy atom. The third-order valence-electron chi connectivity index (χ3n) is 5.74. The fourth-order valence-electron chi connectivity index (χ4n) is 4.54. The summed E-state index contributed by atoms with van der Waals surface area (Å²) >= 11 is 0. The number of quaternary nitrogens is 2. The molecule has 2 aliphatic rings. The lowest BCUT2D eigenvalue weighted by Gasteiger charge is -2.39. The molecule has 0 unspecified atom stereocenters. The molecule has 0 aliphatic carbocycles. The molecule has 2 aliphatic heterocycles. The van der Waals surface area contributed by atoms with Crippen LogP contribution in [0.2, 0.25) is 0 Å². The molecule has 5 nitrogen and oxygen atoms in total. The van der Waals surface area contributed by atoms with Crippen LogP contribution in [0.15, 0.2) is 18.2 Å². The number of hydrogen-bond donors (Lipinski definition) is 2. The van der Waals surface area contributed by atoms with Crippen LogP contribution in [0.3, 0.4) is 0 Å². The van der Waals surface area contributed by atoms with E-state index >= 15 is 0 Å². The van der Waals surface area contributed by atoms with Crippen LogP contribution >= 0.6 is 0 Å². The van der Waals surface area contributed by atoms with Crippen LogP contribution in [0, 0.1) is 0 Å². The second-order valence-corrected chi connectivity index (χ2v) is 7.71. The van der Waals surface area contributed by atoms with E-state index < -0.39 is 0 Å². The number of hydrogen-bond acceptors (Lipinski definition) is 3. The van der Waals surface area contributed by atoms with E-state index in [0.717, 1.165) is 24.1 Å². The van der Waals surface area contributed by atoms with Crippen molar-refractivity contribution < 1.29 is 24.0 Å². The van der Waals surface area contributed by atoms with Gasteiger partial charge in [-0.05, 0) is 32.0 Å². The molecule has 0 amide bonds. The Hall–Kier alpha value is -1.30. The SMILES string of the molecule is COc1ccc(C[NH+]2CCC([NH+]3C[C@H](C)O[C@@H](C)C3)CC2)cc1OC. The average molecular weight is 351 g/mol. The molecule has 2 heterocycles. The van der Waals surface area contributed by atoms with Crippen LogP contribution in [-0.4, -0.2) is 58.6 Å². The minimum absolute atomic E-state index is 0.399. The van der Waals surface area contributed by atoms with Crippen molar-refractivity contribution in [1.82, 2.24) is 0 Å². The maximum absolute atomic E-state index is 5.90. The second-order valence-electron chi connectivity index (χ2n) is 7.71. The Labute approximate surface area is 151 Å². The van der Waals surface area contributed by atoms with Gasteiger partial charge in [-0.2, -0.15) is 0 Å². The quantitative estimate of drug-likeness (QED) is 0.781. The molecule has 1 aromatic rings. The molecular weight excluding hydrogens is 316 g/mol. The largest absolute Gasteiger partial charge is 0.493 e. The van der Waals surface area contributed by atoms with Crippen LogP contribution in [0.25, 0.3) is 0 Å². The summed E-state index contributed by atoms with van der Waals surface area (Å²) < 4.78 is 16.7. The van der Waals surface area contributed by atoms with Crippen molar-refractivity contribution in [3.63, 3.8) is 0 Å². The Morgan fingerprint density at radius 2 is 1.64 bits per heavy atom. The number of methoxy groups -OCH3 is 2. The monoisotopic (exact) mass is 350 g/mol. The molecule has 2 N–H and O–H groups in total. The van der Waals surface area contributed by atoms with Crippen LogP contribution in [0.1, 0.15) is 32.3 Å². The van der Waals surface area contributed by atoms with E-state index in [4.69, 9.17) is 14.2 Å². The maximum atomic E-state index is 5.90. The van der Waals surface area contributed by atoms with Gasteiger partial charge >= 0.3 is 0 Å². The van der Waals surface area contributed by atoms with Gasteiger partial charge in [-0.3, -0.25) is 0 Å². The van der Waals surface area contributed by atoms with Gasteiger partial charge in [-0.15, -0.1) is 0 Å². The lowest BCUT2D eigenvalue weighted by molar-refractivity contribution is -0.970. The molecule has 2 atom stereocenters. The van der Waals surface area contributed by atoms with Crippen molar-refractivity contribution in [2.24, 2.45) is 0 Å². The van der Waals surface area contributed by atoms with Gasteiger partial charge in [0, 0.05) is 18.4 Å². The van der Waals surface area contributed by atoms with E-state index in [9.17, 15) is 0 Å². The number of nitrogens with one attached hydrogen (secondary N) is 2. The van der Waals surface area contributed by atoms with Crippen LogP contribution < -0.4 is 19.3 Å². The summed E-state index contributed by atoms with van der Waals surface area (Å²) in [6, 6.07) is 7.11. The smallest absolute Gasteiger partial charge is 0.161 e. The van der Waals surface area contributed by atoms with Gasteiger partial charge in [0.25, 0.3) is 0 Å². The van der Waals surface area contributed by atoms with Gasteiger partial charge in [0.15, 0.2) is 11.5 Å². The van der Waals surface area contributed by atoms with Crippen LogP contribution in [-0.2, 0) is 11.3 Å². The standard InChI is InChI=1S/C20H32N2O3/c1-15-12-22(13-16(2)25-15)18-7-9-21(10-8-18)14-17-5-6-19(23-3)20(11-17)24-4/h5-6,11,15-16,18H,7-10,12-14H2,1-4H3/p+2/t15-,16-/m0/s1. The lowest BCUT2D eigenvalue weighted by atomic mass is 10.0. The second kappa shape index (κ2) is 8.39. The fourth-order valence-corrected chi connectivity index (χ4v) is 4.54. The predicted octanol–water partition coefficient (Wildman–Crippen LogP) is -0.0568. The molecule has 0 spiro atoms. The normalized spacial score (nSPS) is 33.0.